The summed E-state index contributed by atoms with van der Waals surface area (Å²) in [7, 11) is 1.60. The number of nitrogens with zero attached hydrogens (tertiary/aromatic N) is 2. The van der Waals surface area contributed by atoms with Crippen LogP contribution in [0.5, 0.6) is 0 Å². The highest BCUT2D eigenvalue weighted by Gasteiger charge is 2.22. The lowest BCUT2D eigenvalue weighted by Gasteiger charge is -2.18. The summed E-state index contributed by atoms with van der Waals surface area (Å²) in [6.45, 7) is 1.04. The molecule has 0 radical (unpaired) electrons. The Bertz CT molecular complexity index is 422. The molecule has 0 aromatic carbocycles. The van der Waals surface area contributed by atoms with Crippen molar-refractivity contribution in [1.82, 2.24) is 20.7 Å². The first-order valence-corrected chi connectivity index (χ1v) is 7.08. The van der Waals surface area contributed by atoms with Crippen molar-refractivity contribution in [2.45, 2.75) is 38.2 Å². The molecule has 0 aliphatic heterocycles. The molecule has 7 heteroatoms. The second kappa shape index (κ2) is 7.96. The van der Waals surface area contributed by atoms with E-state index in [1.807, 2.05) is 0 Å². The van der Waals surface area contributed by atoms with Crippen molar-refractivity contribution < 1.29 is 14.3 Å². The molecule has 2 N–H and O–H groups in total. The van der Waals surface area contributed by atoms with E-state index in [1.165, 1.54) is 0 Å². The number of methoxy groups -OCH3 is 1. The second-order valence-corrected chi connectivity index (χ2v) is 4.90. The van der Waals surface area contributed by atoms with E-state index in [4.69, 9.17) is 9.47 Å². The summed E-state index contributed by atoms with van der Waals surface area (Å²) in [5.74, 6) is -0.130. The monoisotopic (exact) mass is 282 g/mol. The molecule has 112 valence electrons. The molecule has 1 aromatic rings. The number of hydrogen-bond acceptors (Lipinski definition) is 5. The van der Waals surface area contributed by atoms with Gasteiger partial charge in [0.15, 0.2) is 0 Å². The molecule has 1 amide bonds. The standard InChI is InChI=1S/C13H22N4O3/c1-19-8-7-14-12(18)9-20-11-6-4-2-3-5-10-13(11)16-17-15-10/h11H,2-9H2,1H3,(H,14,18)(H,15,16,17). The maximum absolute atomic E-state index is 11.6. The predicted octanol–water partition coefficient (Wildman–Crippen LogP) is 0.741. The lowest BCUT2D eigenvalue weighted by atomic mass is 9.99. The van der Waals surface area contributed by atoms with Crippen LogP contribution in [0.1, 0.15) is 43.2 Å². The van der Waals surface area contributed by atoms with Crippen LogP contribution >= 0.6 is 0 Å². The van der Waals surface area contributed by atoms with Crippen LogP contribution in [0.3, 0.4) is 0 Å². The summed E-state index contributed by atoms with van der Waals surface area (Å²) < 4.78 is 10.6. The molecule has 0 fully saturated rings. The fourth-order valence-corrected chi connectivity index (χ4v) is 2.32. The van der Waals surface area contributed by atoms with Crippen LogP contribution in [0.4, 0.5) is 0 Å². The van der Waals surface area contributed by atoms with Crippen molar-refractivity contribution in [1.29, 1.82) is 0 Å². The Morgan fingerprint density at radius 1 is 1.40 bits per heavy atom. The molecule has 0 bridgehead atoms. The van der Waals surface area contributed by atoms with Crippen LogP contribution in [0.2, 0.25) is 0 Å². The molecule has 0 saturated carbocycles. The lowest BCUT2D eigenvalue weighted by Crippen LogP contribution is -2.31. The number of H-pyrrole nitrogens is 1. The molecule has 20 heavy (non-hydrogen) atoms. The Hall–Kier alpha value is -1.47. The second-order valence-electron chi connectivity index (χ2n) is 4.90. The van der Waals surface area contributed by atoms with E-state index in [-0.39, 0.29) is 18.6 Å². The predicted molar refractivity (Wildman–Crippen MR) is 72.1 cm³/mol. The van der Waals surface area contributed by atoms with E-state index in [9.17, 15) is 4.79 Å². The van der Waals surface area contributed by atoms with E-state index >= 15 is 0 Å². The molecule has 1 aliphatic carbocycles. The first kappa shape index (κ1) is 14.9. The van der Waals surface area contributed by atoms with Gasteiger partial charge in [-0.05, 0) is 19.3 Å². The van der Waals surface area contributed by atoms with Crippen LogP contribution in [-0.4, -0.2) is 48.2 Å². The molecule has 1 aromatic heterocycles. The minimum absolute atomic E-state index is 0.0423. The topological polar surface area (TPSA) is 89.1 Å². The van der Waals surface area contributed by atoms with Crippen LogP contribution < -0.4 is 5.32 Å². The van der Waals surface area contributed by atoms with Crippen molar-refractivity contribution in [3.05, 3.63) is 11.4 Å². The minimum atomic E-state index is -0.141. The summed E-state index contributed by atoms with van der Waals surface area (Å²) in [6.07, 6.45) is 5.03. The molecule has 1 atom stereocenters. The van der Waals surface area contributed by atoms with Crippen molar-refractivity contribution in [2.75, 3.05) is 26.9 Å². The Morgan fingerprint density at radius 2 is 2.30 bits per heavy atom. The van der Waals surface area contributed by atoms with Crippen molar-refractivity contribution >= 4 is 5.91 Å². The highest BCUT2D eigenvalue weighted by Crippen LogP contribution is 2.27. The summed E-state index contributed by atoms with van der Waals surface area (Å²) in [6, 6.07) is 0. The Labute approximate surface area is 118 Å². The number of fused-ring (bicyclic) bond motifs is 1. The molecule has 7 nitrogen and oxygen atoms in total. The number of ether oxygens (including phenoxy) is 2. The highest BCUT2D eigenvalue weighted by molar-refractivity contribution is 5.77. The minimum Gasteiger partial charge on any atom is -0.383 e. The Balaban J connectivity index is 1.84. The smallest absolute Gasteiger partial charge is 0.246 e. The number of carbonyl (C=O) groups is 1. The first-order chi connectivity index (χ1) is 9.81. The van der Waals surface area contributed by atoms with Gasteiger partial charge in [0.2, 0.25) is 5.91 Å². The van der Waals surface area contributed by atoms with Crippen LogP contribution in [0.25, 0.3) is 0 Å². The van der Waals surface area contributed by atoms with Gasteiger partial charge in [0.05, 0.1) is 12.3 Å². The fraction of sp³-hybridized carbons (Fsp3) is 0.769. The third kappa shape index (κ3) is 4.28. The zero-order valence-corrected chi connectivity index (χ0v) is 11.9. The molecule has 0 spiro atoms. The van der Waals surface area contributed by atoms with Gasteiger partial charge in [-0.15, -0.1) is 0 Å². The van der Waals surface area contributed by atoms with E-state index < -0.39 is 0 Å². The third-order valence-corrected chi connectivity index (χ3v) is 3.38. The molecule has 2 rings (SSSR count). The van der Waals surface area contributed by atoms with Crippen LogP contribution in [0.15, 0.2) is 0 Å². The van der Waals surface area contributed by atoms with Crippen molar-refractivity contribution in [2.24, 2.45) is 0 Å². The fourth-order valence-electron chi connectivity index (χ4n) is 2.32. The van der Waals surface area contributed by atoms with Crippen LogP contribution in [0, 0.1) is 0 Å². The lowest BCUT2D eigenvalue weighted by molar-refractivity contribution is -0.128. The zero-order valence-electron chi connectivity index (χ0n) is 11.9. The zero-order chi connectivity index (χ0) is 14.2. The number of rotatable bonds is 6. The van der Waals surface area contributed by atoms with E-state index in [0.29, 0.717) is 13.2 Å². The van der Waals surface area contributed by atoms with Gasteiger partial charge in [0.25, 0.3) is 0 Å². The number of aromatic nitrogens is 3. The van der Waals surface area contributed by atoms with Gasteiger partial charge in [-0.3, -0.25) is 4.79 Å². The molecule has 1 unspecified atom stereocenters. The maximum atomic E-state index is 11.6. The van der Waals surface area contributed by atoms with Gasteiger partial charge < -0.3 is 14.8 Å². The van der Waals surface area contributed by atoms with E-state index in [1.54, 1.807) is 7.11 Å². The molecule has 1 aliphatic rings. The number of aromatic amines is 1. The maximum Gasteiger partial charge on any atom is 0.246 e. The summed E-state index contributed by atoms with van der Waals surface area (Å²) in [4.78, 5) is 11.6. The van der Waals surface area contributed by atoms with Crippen LogP contribution in [-0.2, 0) is 20.7 Å². The number of aryl methyl sites for hydroxylation is 1. The number of amides is 1. The average Bonchev–Trinajstić information content (AvgIpc) is 2.86. The number of carbonyl (C=O) groups excluding carboxylic acids is 1. The third-order valence-electron chi connectivity index (χ3n) is 3.38. The normalized spacial score (nSPS) is 18.9. The average molecular weight is 282 g/mol. The summed E-state index contributed by atoms with van der Waals surface area (Å²) >= 11 is 0. The number of nitrogens with one attached hydrogen (secondary N) is 2. The summed E-state index contributed by atoms with van der Waals surface area (Å²) in [5.41, 5.74) is 1.82. The van der Waals surface area contributed by atoms with Gasteiger partial charge in [-0.25, -0.2) is 0 Å². The highest BCUT2D eigenvalue weighted by atomic mass is 16.5. The van der Waals surface area contributed by atoms with Crippen molar-refractivity contribution in [3.63, 3.8) is 0 Å². The van der Waals surface area contributed by atoms with Gasteiger partial charge in [-0.2, -0.15) is 15.4 Å². The SMILES string of the molecule is COCCNC(=O)COC1CCCCCc2n[nH]nc21. The van der Waals surface area contributed by atoms with Crippen molar-refractivity contribution in [3.8, 4) is 0 Å². The number of hydrogen-bond donors (Lipinski definition) is 2. The molecular formula is C13H22N4O3. The van der Waals surface area contributed by atoms with Gasteiger partial charge in [0, 0.05) is 13.7 Å². The largest absolute Gasteiger partial charge is 0.383 e. The molecule has 0 saturated heterocycles. The van der Waals surface area contributed by atoms with E-state index in [0.717, 1.165) is 43.5 Å². The Morgan fingerprint density at radius 3 is 3.15 bits per heavy atom. The Kier molecular flexibility index (Phi) is 5.94. The molecule has 1 heterocycles. The van der Waals surface area contributed by atoms with Gasteiger partial charge in [0.1, 0.15) is 18.4 Å². The van der Waals surface area contributed by atoms with E-state index in [2.05, 4.69) is 20.7 Å². The van der Waals surface area contributed by atoms with Gasteiger partial charge in [-0.1, -0.05) is 12.8 Å². The first-order valence-electron chi connectivity index (χ1n) is 7.08. The van der Waals surface area contributed by atoms with Gasteiger partial charge >= 0.3 is 0 Å². The molecular weight excluding hydrogens is 260 g/mol. The quantitative estimate of drug-likeness (QED) is 0.751. The summed E-state index contributed by atoms with van der Waals surface area (Å²) in [5, 5.41) is 13.7.